The zero-order valence-electron chi connectivity index (χ0n) is 10.7. The van der Waals surface area contributed by atoms with Crippen LogP contribution in [-0.2, 0) is 13.0 Å². The van der Waals surface area contributed by atoms with Crippen LogP contribution in [0.15, 0.2) is 18.2 Å². The number of rotatable bonds is 1. The van der Waals surface area contributed by atoms with Gasteiger partial charge in [0.2, 0.25) is 5.91 Å². The van der Waals surface area contributed by atoms with Crippen LogP contribution in [0.1, 0.15) is 21.6 Å². The lowest BCUT2D eigenvalue weighted by atomic mass is 9.95. The first-order valence-electron chi connectivity index (χ1n) is 6.28. The molecule has 3 N–H and O–H groups in total. The van der Waals surface area contributed by atoms with Gasteiger partial charge >= 0.3 is 0 Å². The molecule has 0 aliphatic carbocycles. The first-order valence-corrected chi connectivity index (χ1v) is 6.28. The van der Waals surface area contributed by atoms with Gasteiger partial charge in [0, 0.05) is 17.4 Å². The third-order valence-electron chi connectivity index (χ3n) is 3.65. The number of hydrogen-bond donors (Lipinski definition) is 2. The average Bonchev–Trinajstić information content (AvgIpc) is 2.35. The Morgan fingerprint density at radius 3 is 3.00 bits per heavy atom. The molecule has 1 amide bonds. The van der Waals surface area contributed by atoms with Gasteiger partial charge in [-0.05, 0) is 18.2 Å². The van der Waals surface area contributed by atoms with Crippen molar-refractivity contribution in [2.75, 3.05) is 13.6 Å². The van der Waals surface area contributed by atoms with Gasteiger partial charge in [0.15, 0.2) is 0 Å². The molecule has 0 spiro atoms. The predicted octanol–water partition coefficient (Wildman–Crippen LogP) is 0.0436. The van der Waals surface area contributed by atoms with E-state index in [9.17, 15) is 9.18 Å². The fraction of sp³-hybridized carbons (Fsp3) is 0.286. The topological polar surface area (TPSA) is 60.4 Å². The van der Waals surface area contributed by atoms with Gasteiger partial charge in [-0.25, -0.2) is 4.39 Å². The number of nitrogens with zero attached hydrogens (tertiary/aromatic N) is 1. The maximum Gasteiger partial charge on any atom is 0.249 e. The zero-order valence-corrected chi connectivity index (χ0v) is 10.7. The molecule has 1 atom stereocenters. The summed E-state index contributed by atoms with van der Waals surface area (Å²) in [6, 6.07) is 4.29. The first kappa shape index (κ1) is 12.0. The number of aromatic nitrogens is 1. The summed E-state index contributed by atoms with van der Waals surface area (Å²) in [5, 5.41) is 0.515. The van der Waals surface area contributed by atoms with Crippen LogP contribution in [0.2, 0.25) is 0 Å². The van der Waals surface area contributed by atoms with Crippen molar-refractivity contribution >= 4 is 16.8 Å². The van der Waals surface area contributed by atoms with Crippen molar-refractivity contribution in [2.45, 2.75) is 13.0 Å². The number of nitrogens with one attached hydrogen (secondary N) is 1. The SMILES string of the molecule is C[NH+]1CCc2nc3ccc(F)cc3c(C(N)=O)c2C1. The number of carbonyl (C=O) groups is 1. The van der Waals surface area contributed by atoms with Crippen LogP contribution in [0.4, 0.5) is 4.39 Å². The van der Waals surface area contributed by atoms with Crippen molar-refractivity contribution in [1.29, 1.82) is 0 Å². The number of amides is 1. The highest BCUT2D eigenvalue weighted by Gasteiger charge is 2.25. The molecule has 2 heterocycles. The second-order valence-electron chi connectivity index (χ2n) is 5.07. The molecule has 1 aromatic heterocycles. The van der Waals surface area contributed by atoms with Gasteiger partial charge in [-0.2, -0.15) is 0 Å². The van der Waals surface area contributed by atoms with Crippen molar-refractivity contribution in [3.63, 3.8) is 0 Å². The molecule has 1 aromatic carbocycles. The second kappa shape index (κ2) is 4.28. The molecule has 5 heteroatoms. The summed E-state index contributed by atoms with van der Waals surface area (Å²) in [4.78, 5) is 17.6. The van der Waals surface area contributed by atoms with Crippen molar-refractivity contribution in [3.05, 3.63) is 40.8 Å². The molecule has 19 heavy (non-hydrogen) atoms. The van der Waals surface area contributed by atoms with E-state index in [-0.39, 0.29) is 5.82 Å². The van der Waals surface area contributed by atoms with E-state index < -0.39 is 5.91 Å². The molecule has 0 saturated heterocycles. The summed E-state index contributed by atoms with van der Waals surface area (Å²) in [6.45, 7) is 1.68. The van der Waals surface area contributed by atoms with Crippen LogP contribution in [0.3, 0.4) is 0 Å². The van der Waals surface area contributed by atoms with E-state index in [1.54, 1.807) is 6.07 Å². The molecule has 3 rings (SSSR count). The summed E-state index contributed by atoms with van der Waals surface area (Å²) >= 11 is 0. The van der Waals surface area contributed by atoms with E-state index >= 15 is 0 Å². The molecule has 0 radical (unpaired) electrons. The standard InChI is InChI=1S/C14H14FN3O/c1-18-5-4-12-10(7-18)13(14(16)19)9-6-8(15)2-3-11(9)17-12/h2-3,6H,4-5,7H2,1H3,(H2,16,19)/p+1. The molecule has 2 aromatic rings. The summed E-state index contributed by atoms with van der Waals surface area (Å²) in [5.41, 5.74) is 8.35. The monoisotopic (exact) mass is 260 g/mol. The molecular formula is C14H15FN3O+. The van der Waals surface area contributed by atoms with Crippen molar-refractivity contribution in [1.82, 2.24) is 4.98 Å². The number of likely N-dealkylation sites (N-methyl/N-ethyl adjacent to an activating group) is 1. The maximum absolute atomic E-state index is 13.4. The Morgan fingerprint density at radius 2 is 2.26 bits per heavy atom. The summed E-state index contributed by atoms with van der Waals surface area (Å²) in [5.74, 6) is -0.891. The Labute approximate surface area is 110 Å². The molecule has 1 aliphatic rings. The number of carbonyl (C=O) groups excluding carboxylic acids is 1. The van der Waals surface area contributed by atoms with Crippen molar-refractivity contribution in [3.8, 4) is 0 Å². The van der Waals surface area contributed by atoms with Gasteiger partial charge in [-0.3, -0.25) is 9.78 Å². The summed E-state index contributed by atoms with van der Waals surface area (Å²) in [6.07, 6.45) is 0.814. The van der Waals surface area contributed by atoms with Gasteiger partial charge in [-0.15, -0.1) is 0 Å². The quantitative estimate of drug-likeness (QED) is 0.761. The Bertz CT molecular complexity index is 684. The minimum atomic E-state index is -0.510. The number of benzene rings is 1. The number of quaternary nitrogens is 1. The van der Waals surface area contributed by atoms with Gasteiger partial charge in [0.25, 0.3) is 0 Å². The third kappa shape index (κ3) is 1.96. The summed E-state index contributed by atoms with van der Waals surface area (Å²) < 4.78 is 13.4. The summed E-state index contributed by atoms with van der Waals surface area (Å²) in [7, 11) is 2.06. The lowest BCUT2D eigenvalue weighted by Crippen LogP contribution is -3.08. The van der Waals surface area contributed by atoms with Crippen LogP contribution in [-0.4, -0.2) is 24.5 Å². The van der Waals surface area contributed by atoms with Gasteiger partial charge in [0.1, 0.15) is 12.4 Å². The van der Waals surface area contributed by atoms with E-state index in [1.807, 2.05) is 0 Å². The maximum atomic E-state index is 13.4. The highest BCUT2D eigenvalue weighted by atomic mass is 19.1. The van der Waals surface area contributed by atoms with Crippen molar-refractivity contribution < 1.29 is 14.1 Å². The molecule has 0 saturated carbocycles. The first-order chi connectivity index (χ1) is 9.06. The molecule has 0 fully saturated rings. The largest absolute Gasteiger partial charge is 0.366 e. The van der Waals surface area contributed by atoms with E-state index in [4.69, 9.17) is 5.73 Å². The van der Waals surface area contributed by atoms with Gasteiger partial charge < -0.3 is 10.6 Å². The molecule has 1 unspecified atom stereocenters. The molecule has 4 nitrogen and oxygen atoms in total. The minimum absolute atomic E-state index is 0.381. The number of pyridine rings is 1. The number of hydrogen-bond acceptors (Lipinski definition) is 2. The Kier molecular flexibility index (Phi) is 2.71. The normalized spacial score (nSPS) is 18.3. The smallest absolute Gasteiger partial charge is 0.249 e. The lowest BCUT2D eigenvalue weighted by Gasteiger charge is -2.24. The van der Waals surface area contributed by atoms with Gasteiger partial charge in [0.05, 0.1) is 30.4 Å². The predicted molar refractivity (Wildman–Crippen MR) is 69.4 cm³/mol. The van der Waals surface area contributed by atoms with E-state index in [0.29, 0.717) is 23.0 Å². The fourth-order valence-electron chi connectivity index (χ4n) is 2.73. The molecule has 98 valence electrons. The highest BCUT2D eigenvalue weighted by Crippen LogP contribution is 2.25. The Balaban J connectivity index is 2.37. The van der Waals surface area contributed by atoms with Gasteiger partial charge in [-0.1, -0.05) is 0 Å². The van der Waals surface area contributed by atoms with Crippen LogP contribution in [0.5, 0.6) is 0 Å². The number of nitrogens with two attached hydrogens (primary N) is 1. The lowest BCUT2D eigenvalue weighted by molar-refractivity contribution is -0.895. The number of halogens is 1. The highest BCUT2D eigenvalue weighted by molar-refractivity contribution is 6.06. The Morgan fingerprint density at radius 1 is 1.47 bits per heavy atom. The fourth-order valence-corrected chi connectivity index (χ4v) is 2.73. The zero-order chi connectivity index (χ0) is 13.6. The Hall–Kier alpha value is -2.01. The van der Waals surface area contributed by atoms with E-state index in [1.165, 1.54) is 17.0 Å². The number of fused-ring (bicyclic) bond motifs is 2. The number of primary amides is 1. The van der Waals surface area contributed by atoms with Crippen LogP contribution >= 0.6 is 0 Å². The van der Waals surface area contributed by atoms with E-state index in [0.717, 1.165) is 24.2 Å². The average molecular weight is 260 g/mol. The molecule has 1 aliphatic heterocycles. The molecule has 0 bridgehead atoms. The molecular weight excluding hydrogens is 245 g/mol. The van der Waals surface area contributed by atoms with Crippen LogP contribution in [0, 0.1) is 5.82 Å². The van der Waals surface area contributed by atoms with E-state index in [2.05, 4.69) is 12.0 Å². The van der Waals surface area contributed by atoms with Crippen molar-refractivity contribution in [2.24, 2.45) is 5.73 Å². The van der Waals surface area contributed by atoms with Crippen LogP contribution < -0.4 is 10.6 Å². The minimum Gasteiger partial charge on any atom is -0.366 e. The third-order valence-corrected chi connectivity index (χ3v) is 3.65. The second-order valence-corrected chi connectivity index (χ2v) is 5.07. The van der Waals surface area contributed by atoms with Crippen LogP contribution in [0.25, 0.3) is 10.9 Å².